The lowest BCUT2D eigenvalue weighted by Crippen LogP contribution is -1.93. The molecule has 0 aliphatic heterocycles. The highest BCUT2D eigenvalue weighted by atomic mass is 35.5. The van der Waals surface area contributed by atoms with Crippen LogP contribution in [0.3, 0.4) is 0 Å². The molecule has 0 unspecified atom stereocenters. The Morgan fingerprint density at radius 1 is 1.17 bits per heavy atom. The van der Waals surface area contributed by atoms with Gasteiger partial charge in [0.1, 0.15) is 17.6 Å². The van der Waals surface area contributed by atoms with Crippen LogP contribution in [-0.2, 0) is 6.61 Å². The van der Waals surface area contributed by atoms with E-state index in [1.807, 2.05) is 6.07 Å². The molecule has 0 saturated heterocycles. The van der Waals surface area contributed by atoms with E-state index in [1.165, 1.54) is 0 Å². The van der Waals surface area contributed by atoms with Gasteiger partial charge in [-0.2, -0.15) is 5.26 Å². The van der Waals surface area contributed by atoms with Crippen LogP contribution in [0.15, 0.2) is 42.5 Å². The van der Waals surface area contributed by atoms with Crippen LogP contribution in [0.5, 0.6) is 11.5 Å². The van der Waals surface area contributed by atoms with E-state index in [0.29, 0.717) is 27.6 Å². The standard InChI is InChI=1S/C14H10ClNO2/c15-12-6-5-11(9-17)14(7-12)18-13-4-2-1-3-10(13)8-16/h1-7,17H,9H2. The number of nitriles is 1. The Labute approximate surface area is 110 Å². The van der Waals surface area contributed by atoms with E-state index >= 15 is 0 Å². The van der Waals surface area contributed by atoms with E-state index in [9.17, 15) is 5.11 Å². The summed E-state index contributed by atoms with van der Waals surface area (Å²) in [6, 6.07) is 13.9. The van der Waals surface area contributed by atoms with Crippen LogP contribution in [-0.4, -0.2) is 5.11 Å². The summed E-state index contributed by atoms with van der Waals surface area (Å²) in [6.45, 7) is -0.152. The highest BCUT2D eigenvalue weighted by molar-refractivity contribution is 6.30. The van der Waals surface area contributed by atoms with Crippen molar-refractivity contribution in [3.8, 4) is 17.6 Å². The molecule has 0 aliphatic rings. The Balaban J connectivity index is 2.40. The number of halogens is 1. The summed E-state index contributed by atoms with van der Waals surface area (Å²) >= 11 is 5.89. The molecule has 2 aromatic carbocycles. The van der Waals surface area contributed by atoms with Crippen LogP contribution < -0.4 is 4.74 Å². The number of hydrogen-bond donors (Lipinski definition) is 1. The molecule has 3 nitrogen and oxygen atoms in total. The Kier molecular flexibility index (Phi) is 3.83. The zero-order valence-electron chi connectivity index (χ0n) is 9.43. The molecule has 4 heteroatoms. The van der Waals surface area contributed by atoms with Gasteiger partial charge in [-0.1, -0.05) is 29.8 Å². The topological polar surface area (TPSA) is 53.2 Å². The first kappa shape index (κ1) is 12.4. The molecular formula is C14H10ClNO2. The molecule has 0 atom stereocenters. The van der Waals surface area contributed by atoms with Gasteiger partial charge in [-0.3, -0.25) is 0 Å². The highest BCUT2D eigenvalue weighted by Gasteiger charge is 2.08. The van der Waals surface area contributed by atoms with Crippen molar-refractivity contribution in [3.05, 3.63) is 58.6 Å². The third-order valence-corrected chi connectivity index (χ3v) is 2.66. The summed E-state index contributed by atoms with van der Waals surface area (Å²) in [5, 5.41) is 18.7. The quantitative estimate of drug-likeness (QED) is 0.918. The number of aliphatic hydroxyl groups excluding tert-OH is 1. The first-order valence-electron chi connectivity index (χ1n) is 5.31. The van der Waals surface area contributed by atoms with Crippen molar-refractivity contribution in [2.45, 2.75) is 6.61 Å². The minimum absolute atomic E-state index is 0.152. The summed E-state index contributed by atoms with van der Waals surface area (Å²) in [5.41, 5.74) is 1.05. The molecule has 2 rings (SSSR count). The van der Waals surface area contributed by atoms with E-state index in [1.54, 1.807) is 42.5 Å². The summed E-state index contributed by atoms with van der Waals surface area (Å²) in [5.74, 6) is 0.893. The Morgan fingerprint density at radius 3 is 2.67 bits per heavy atom. The number of nitrogens with zero attached hydrogens (tertiary/aromatic N) is 1. The van der Waals surface area contributed by atoms with E-state index in [4.69, 9.17) is 21.6 Å². The van der Waals surface area contributed by atoms with E-state index in [0.717, 1.165) is 0 Å². The van der Waals surface area contributed by atoms with Crippen LogP contribution >= 0.6 is 11.6 Å². The number of para-hydroxylation sites is 1. The Bertz CT molecular complexity index is 605. The van der Waals surface area contributed by atoms with Crippen molar-refractivity contribution in [1.82, 2.24) is 0 Å². The molecule has 0 bridgehead atoms. The van der Waals surface area contributed by atoms with Gasteiger partial charge in [0.25, 0.3) is 0 Å². The van der Waals surface area contributed by atoms with Crippen LogP contribution in [0.2, 0.25) is 5.02 Å². The lowest BCUT2D eigenvalue weighted by atomic mass is 10.2. The van der Waals surface area contributed by atoms with Crippen LogP contribution in [0.25, 0.3) is 0 Å². The average Bonchev–Trinajstić information content (AvgIpc) is 2.40. The third kappa shape index (κ3) is 2.62. The molecule has 0 heterocycles. The van der Waals surface area contributed by atoms with E-state index in [-0.39, 0.29) is 6.61 Å². The van der Waals surface area contributed by atoms with Crippen molar-refractivity contribution in [1.29, 1.82) is 5.26 Å². The SMILES string of the molecule is N#Cc1ccccc1Oc1cc(Cl)ccc1CO. The summed E-state index contributed by atoms with van der Waals surface area (Å²) in [7, 11) is 0. The first-order valence-corrected chi connectivity index (χ1v) is 5.68. The maximum absolute atomic E-state index is 9.23. The molecule has 0 fully saturated rings. The molecule has 0 radical (unpaired) electrons. The normalized spacial score (nSPS) is 9.83. The van der Waals surface area contributed by atoms with Crippen molar-refractivity contribution in [3.63, 3.8) is 0 Å². The molecule has 0 amide bonds. The van der Waals surface area contributed by atoms with Crippen molar-refractivity contribution >= 4 is 11.6 Å². The number of benzene rings is 2. The monoisotopic (exact) mass is 259 g/mol. The fourth-order valence-corrected chi connectivity index (χ4v) is 1.68. The van der Waals surface area contributed by atoms with Gasteiger partial charge in [0.2, 0.25) is 0 Å². The second-order valence-electron chi connectivity index (χ2n) is 3.62. The van der Waals surface area contributed by atoms with Gasteiger partial charge in [-0.25, -0.2) is 0 Å². The second-order valence-corrected chi connectivity index (χ2v) is 4.06. The summed E-state index contributed by atoms with van der Waals surface area (Å²) in [4.78, 5) is 0. The smallest absolute Gasteiger partial charge is 0.145 e. The molecule has 2 aromatic rings. The van der Waals surface area contributed by atoms with Gasteiger partial charge in [-0.05, 0) is 24.3 Å². The molecule has 18 heavy (non-hydrogen) atoms. The average molecular weight is 260 g/mol. The molecule has 90 valence electrons. The van der Waals surface area contributed by atoms with Gasteiger partial charge >= 0.3 is 0 Å². The minimum atomic E-state index is -0.152. The molecule has 0 saturated carbocycles. The Morgan fingerprint density at radius 2 is 1.94 bits per heavy atom. The molecule has 0 aliphatic carbocycles. The number of ether oxygens (including phenoxy) is 1. The predicted octanol–water partition coefficient (Wildman–Crippen LogP) is 3.50. The third-order valence-electron chi connectivity index (χ3n) is 2.43. The van der Waals surface area contributed by atoms with E-state index in [2.05, 4.69) is 0 Å². The van der Waals surface area contributed by atoms with Gasteiger partial charge in [-0.15, -0.1) is 0 Å². The Hall–Kier alpha value is -2.02. The predicted molar refractivity (Wildman–Crippen MR) is 68.6 cm³/mol. The van der Waals surface area contributed by atoms with Crippen LogP contribution in [0.4, 0.5) is 0 Å². The van der Waals surface area contributed by atoms with Crippen molar-refractivity contribution in [2.75, 3.05) is 0 Å². The maximum atomic E-state index is 9.23. The van der Waals surface area contributed by atoms with Crippen LogP contribution in [0.1, 0.15) is 11.1 Å². The largest absolute Gasteiger partial charge is 0.456 e. The van der Waals surface area contributed by atoms with E-state index < -0.39 is 0 Å². The minimum Gasteiger partial charge on any atom is -0.456 e. The fourth-order valence-electron chi connectivity index (χ4n) is 1.52. The van der Waals surface area contributed by atoms with Gasteiger partial charge in [0, 0.05) is 10.6 Å². The fraction of sp³-hybridized carbons (Fsp3) is 0.0714. The van der Waals surface area contributed by atoms with Crippen molar-refractivity contribution < 1.29 is 9.84 Å². The molecule has 0 spiro atoms. The first-order chi connectivity index (χ1) is 8.74. The number of hydrogen-bond acceptors (Lipinski definition) is 3. The maximum Gasteiger partial charge on any atom is 0.145 e. The molecular weight excluding hydrogens is 250 g/mol. The summed E-state index contributed by atoms with van der Waals surface area (Å²) in [6.07, 6.45) is 0. The molecule has 0 aromatic heterocycles. The zero-order valence-corrected chi connectivity index (χ0v) is 10.2. The van der Waals surface area contributed by atoms with Gasteiger partial charge < -0.3 is 9.84 Å². The lowest BCUT2D eigenvalue weighted by Gasteiger charge is -2.11. The van der Waals surface area contributed by atoms with Gasteiger partial charge in [0.05, 0.1) is 12.2 Å². The lowest BCUT2D eigenvalue weighted by molar-refractivity contribution is 0.276. The van der Waals surface area contributed by atoms with Crippen LogP contribution in [0, 0.1) is 11.3 Å². The second kappa shape index (κ2) is 5.54. The number of aliphatic hydroxyl groups is 1. The highest BCUT2D eigenvalue weighted by Crippen LogP contribution is 2.30. The zero-order chi connectivity index (χ0) is 13.0. The molecule has 1 N–H and O–H groups in total. The van der Waals surface area contributed by atoms with Crippen molar-refractivity contribution in [2.24, 2.45) is 0 Å². The number of rotatable bonds is 3. The van der Waals surface area contributed by atoms with Gasteiger partial charge in [0.15, 0.2) is 0 Å². The summed E-state index contributed by atoms with van der Waals surface area (Å²) < 4.78 is 5.64.